The predicted octanol–water partition coefficient (Wildman–Crippen LogP) is 4.18. The first kappa shape index (κ1) is 23.4. The second kappa shape index (κ2) is 10.9. The van der Waals surface area contributed by atoms with Crippen molar-refractivity contribution in [3.63, 3.8) is 0 Å². The Labute approximate surface area is 199 Å². The Balaban J connectivity index is 1.56. The van der Waals surface area contributed by atoms with Gasteiger partial charge in [-0.25, -0.2) is 0 Å². The number of rotatable bonds is 6. The van der Waals surface area contributed by atoms with Crippen LogP contribution < -0.4 is 5.32 Å². The van der Waals surface area contributed by atoms with Gasteiger partial charge in [-0.15, -0.1) is 4.31 Å². The van der Waals surface area contributed by atoms with Crippen molar-refractivity contribution in [1.29, 1.82) is 0 Å². The van der Waals surface area contributed by atoms with E-state index in [1.165, 1.54) is 24.0 Å². The van der Waals surface area contributed by atoms with Gasteiger partial charge < -0.3 is 9.87 Å². The summed E-state index contributed by atoms with van der Waals surface area (Å²) < 4.78 is 15.0. The standard InChI is InChI=1S/C24H31Cl2N3OS/c1-31(30)29-17-23(14-18-2-6-20(25)7-3-18)28(22-10-12-27-13-11-22)16-24(29)15-19-4-8-21(26)9-5-19/h2-9,22-24,27H,10-17H2,1H3/t23-,24-,31?/m0/s1. The fourth-order valence-electron chi connectivity index (χ4n) is 4.98. The Morgan fingerprint density at radius 2 is 1.39 bits per heavy atom. The van der Waals surface area contributed by atoms with E-state index in [2.05, 4.69) is 38.8 Å². The quantitative estimate of drug-likeness (QED) is 0.630. The third-order valence-electron chi connectivity index (χ3n) is 6.57. The number of nitrogens with one attached hydrogen (secondary N) is 1. The van der Waals surface area contributed by atoms with Crippen molar-refractivity contribution in [2.75, 3.05) is 32.4 Å². The van der Waals surface area contributed by atoms with Crippen LogP contribution in [0.4, 0.5) is 0 Å². The van der Waals surface area contributed by atoms with Crippen LogP contribution in [0.1, 0.15) is 24.0 Å². The molecule has 2 saturated heterocycles. The maximum Gasteiger partial charge on any atom is 0.115 e. The molecule has 4 nitrogen and oxygen atoms in total. The summed E-state index contributed by atoms with van der Waals surface area (Å²) in [5.41, 5.74) is 2.53. The van der Waals surface area contributed by atoms with E-state index in [1.807, 2.05) is 30.5 Å². The topological polar surface area (TPSA) is 41.6 Å². The van der Waals surface area contributed by atoms with Gasteiger partial charge in [0.15, 0.2) is 0 Å². The Bertz CT molecular complexity index is 828. The lowest BCUT2D eigenvalue weighted by Crippen LogP contribution is -2.64. The molecule has 7 heteroatoms. The zero-order valence-electron chi connectivity index (χ0n) is 18.0. The molecular formula is C24H31Cl2N3OS. The smallest absolute Gasteiger partial charge is 0.115 e. The van der Waals surface area contributed by atoms with Gasteiger partial charge in [0.2, 0.25) is 0 Å². The number of piperazine rings is 1. The van der Waals surface area contributed by atoms with E-state index in [9.17, 15) is 4.55 Å². The molecule has 1 N–H and O–H groups in total. The molecule has 1 unspecified atom stereocenters. The lowest BCUT2D eigenvalue weighted by Gasteiger charge is -2.49. The van der Waals surface area contributed by atoms with E-state index in [0.717, 1.165) is 49.1 Å². The molecule has 2 heterocycles. The Morgan fingerprint density at radius 1 is 0.871 bits per heavy atom. The van der Waals surface area contributed by atoms with Crippen LogP contribution in [0.2, 0.25) is 10.0 Å². The molecule has 0 aliphatic carbocycles. The van der Waals surface area contributed by atoms with E-state index >= 15 is 0 Å². The third kappa shape index (κ3) is 6.17. The van der Waals surface area contributed by atoms with Gasteiger partial charge in [-0.1, -0.05) is 47.5 Å². The summed E-state index contributed by atoms with van der Waals surface area (Å²) in [4.78, 5) is 2.71. The number of benzene rings is 2. The van der Waals surface area contributed by atoms with Crippen LogP contribution in [0.25, 0.3) is 0 Å². The van der Waals surface area contributed by atoms with Gasteiger partial charge in [-0.05, 0) is 74.2 Å². The van der Waals surface area contributed by atoms with E-state index in [0.29, 0.717) is 12.1 Å². The molecular weight excluding hydrogens is 449 g/mol. The molecule has 2 aromatic rings. The van der Waals surface area contributed by atoms with Crippen molar-refractivity contribution in [3.05, 3.63) is 69.7 Å². The Hall–Kier alpha value is -0.790. The highest BCUT2D eigenvalue weighted by Crippen LogP contribution is 2.28. The largest absolute Gasteiger partial charge is 0.598 e. The normalized spacial score (nSPS) is 24.9. The molecule has 2 fully saturated rings. The first-order valence-electron chi connectivity index (χ1n) is 11.0. The van der Waals surface area contributed by atoms with Gasteiger partial charge in [0.1, 0.15) is 6.26 Å². The van der Waals surface area contributed by atoms with Crippen molar-refractivity contribution in [2.24, 2.45) is 0 Å². The van der Waals surface area contributed by atoms with Gasteiger partial charge in [0, 0.05) is 40.0 Å². The average molecular weight is 481 g/mol. The second-order valence-electron chi connectivity index (χ2n) is 8.67. The number of nitrogens with zero attached hydrogens (tertiary/aromatic N) is 2. The minimum Gasteiger partial charge on any atom is -0.598 e. The molecule has 168 valence electrons. The summed E-state index contributed by atoms with van der Waals surface area (Å²) in [6.45, 7) is 3.89. The van der Waals surface area contributed by atoms with Crippen molar-refractivity contribution in [2.45, 2.75) is 43.8 Å². The van der Waals surface area contributed by atoms with E-state index < -0.39 is 11.4 Å². The monoisotopic (exact) mass is 479 g/mol. The van der Waals surface area contributed by atoms with Crippen LogP contribution in [-0.2, 0) is 24.2 Å². The maximum absolute atomic E-state index is 12.7. The van der Waals surface area contributed by atoms with Crippen molar-refractivity contribution in [1.82, 2.24) is 14.5 Å². The van der Waals surface area contributed by atoms with Crippen molar-refractivity contribution < 1.29 is 4.55 Å². The average Bonchev–Trinajstić information content (AvgIpc) is 2.78. The fourth-order valence-corrected chi connectivity index (χ4v) is 6.17. The van der Waals surface area contributed by atoms with Crippen LogP contribution in [-0.4, -0.2) is 64.3 Å². The van der Waals surface area contributed by atoms with Crippen molar-refractivity contribution >= 4 is 34.6 Å². The molecule has 0 saturated carbocycles. The molecule has 2 aliphatic heterocycles. The lowest BCUT2D eigenvalue weighted by atomic mass is 9.93. The summed E-state index contributed by atoms with van der Waals surface area (Å²) >= 11 is 11.2. The molecule has 0 amide bonds. The van der Waals surface area contributed by atoms with Crippen LogP contribution in [0.3, 0.4) is 0 Å². The number of hydrogen-bond acceptors (Lipinski definition) is 4. The molecule has 0 spiro atoms. The molecule has 4 rings (SSSR count). The Kier molecular flexibility index (Phi) is 8.21. The first-order valence-corrected chi connectivity index (χ1v) is 13.3. The second-order valence-corrected chi connectivity index (χ2v) is 10.9. The summed E-state index contributed by atoms with van der Waals surface area (Å²) in [6.07, 6.45) is 5.97. The highest BCUT2D eigenvalue weighted by molar-refractivity contribution is 7.88. The lowest BCUT2D eigenvalue weighted by molar-refractivity contribution is 0.0291. The fraction of sp³-hybridized carbons (Fsp3) is 0.500. The summed E-state index contributed by atoms with van der Waals surface area (Å²) in [6, 6.07) is 17.4. The van der Waals surface area contributed by atoms with Crippen molar-refractivity contribution in [3.8, 4) is 0 Å². The molecule has 2 aliphatic rings. The Morgan fingerprint density at radius 3 is 1.90 bits per heavy atom. The highest BCUT2D eigenvalue weighted by Gasteiger charge is 2.41. The highest BCUT2D eigenvalue weighted by atomic mass is 35.5. The molecule has 0 radical (unpaired) electrons. The van der Waals surface area contributed by atoms with E-state index in [1.54, 1.807) is 0 Å². The molecule has 2 aromatic carbocycles. The molecule has 31 heavy (non-hydrogen) atoms. The van der Waals surface area contributed by atoms with Crippen LogP contribution in [0.15, 0.2) is 48.5 Å². The first-order chi connectivity index (χ1) is 15.0. The van der Waals surface area contributed by atoms with Gasteiger partial charge in [0.25, 0.3) is 0 Å². The molecule has 0 bridgehead atoms. The van der Waals surface area contributed by atoms with Crippen LogP contribution in [0.5, 0.6) is 0 Å². The maximum atomic E-state index is 12.7. The van der Waals surface area contributed by atoms with E-state index in [4.69, 9.17) is 23.2 Å². The van der Waals surface area contributed by atoms with Gasteiger partial charge in [0.05, 0.1) is 12.6 Å². The summed E-state index contributed by atoms with van der Waals surface area (Å²) in [5.74, 6) is 0. The van der Waals surface area contributed by atoms with Gasteiger partial charge >= 0.3 is 0 Å². The number of hydrogen-bond donors (Lipinski definition) is 1. The number of piperidine rings is 1. The zero-order valence-corrected chi connectivity index (χ0v) is 20.3. The van der Waals surface area contributed by atoms with Gasteiger partial charge in [-0.2, -0.15) is 0 Å². The SMILES string of the molecule is C[S+]([O-])N1C[C@H](Cc2ccc(Cl)cc2)N(C2CCNCC2)C[C@@H]1Cc1ccc(Cl)cc1. The minimum absolute atomic E-state index is 0.225. The summed E-state index contributed by atoms with van der Waals surface area (Å²) in [5, 5.41) is 5.01. The van der Waals surface area contributed by atoms with Crippen LogP contribution >= 0.6 is 23.2 Å². The number of halogens is 2. The van der Waals surface area contributed by atoms with E-state index in [-0.39, 0.29) is 6.04 Å². The summed E-state index contributed by atoms with van der Waals surface area (Å²) in [7, 11) is 0. The van der Waals surface area contributed by atoms with Gasteiger partial charge in [-0.3, -0.25) is 4.90 Å². The molecule has 0 aromatic heterocycles. The minimum atomic E-state index is -1.02. The zero-order chi connectivity index (χ0) is 21.8. The predicted molar refractivity (Wildman–Crippen MR) is 131 cm³/mol. The third-order valence-corrected chi connectivity index (χ3v) is 8.18. The van der Waals surface area contributed by atoms with Crippen LogP contribution in [0, 0.1) is 0 Å². The molecule has 3 atom stereocenters.